The van der Waals surface area contributed by atoms with Crippen molar-refractivity contribution < 1.29 is 24.5 Å². The quantitative estimate of drug-likeness (QED) is 0.772. The van der Waals surface area contributed by atoms with Crippen LogP contribution in [0.2, 0.25) is 0 Å². The summed E-state index contributed by atoms with van der Waals surface area (Å²) in [7, 11) is 2.88. The Kier molecular flexibility index (Phi) is 3.51. The molecule has 0 unspecified atom stereocenters. The van der Waals surface area contributed by atoms with Gasteiger partial charge in [0.2, 0.25) is 0 Å². The van der Waals surface area contributed by atoms with Crippen LogP contribution in [0.4, 0.5) is 0 Å². The summed E-state index contributed by atoms with van der Waals surface area (Å²) >= 11 is 0. The van der Waals surface area contributed by atoms with E-state index >= 15 is 0 Å². The minimum absolute atomic E-state index is 0.200. The smallest absolute Gasteiger partial charge is 0.337 e. The average Bonchev–Trinajstić information content (AvgIpc) is 2.27. The Morgan fingerprint density at radius 1 is 1.33 bits per heavy atom. The average molecular weight is 212 g/mol. The van der Waals surface area contributed by atoms with Crippen molar-refractivity contribution >= 4 is 5.97 Å². The Bertz CT molecular complexity index is 361. The summed E-state index contributed by atoms with van der Waals surface area (Å²) < 4.78 is 9.90. The van der Waals surface area contributed by atoms with E-state index in [1.165, 1.54) is 26.4 Å². The van der Waals surface area contributed by atoms with Crippen LogP contribution < -0.4 is 9.47 Å². The summed E-state index contributed by atoms with van der Waals surface area (Å²) in [5.41, 5.74) is 0.200. The van der Waals surface area contributed by atoms with Crippen LogP contribution in [0.1, 0.15) is 11.7 Å². The largest absolute Gasteiger partial charge is 0.497 e. The summed E-state index contributed by atoms with van der Waals surface area (Å²) in [6, 6.07) is 4.53. The number of carboxylic acid groups (broad SMARTS) is 1. The minimum atomic E-state index is -1.59. The van der Waals surface area contributed by atoms with Crippen molar-refractivity contribution in [3.63, 3.8) is 0 Å². The second-order valence-electron chi connectivity index (χ2n) is 2.85. The highest BCUT2D eigenvalue weighted by Gasteiger charge is 2.20. The SMILES string of the molecule is COc1ccc([C@@H](O)C(=O)O)c(OC)c1. The van der Waals surface area contributed by atoms with Crippen molar-refractivity contribution in [1.82, 2.24) is 0 Å². The fraction of sp³-hybridized carbons (Fsp3) is 0.300. The van der Waals surface area contributed by atoms with Gasteiger partial charge in [-0.3, -0.25) is 0 Å². The van der Waals surface area contributed by atoms with Gasteiger partial charge in [-0.15, -0.1) is 0 Å². The molecule has 0 aliphatic rings. The van der Waals surface area contributed by atoms with Crippen LogP contribution in [-0.4, -0.2) is 30.4 Å². The highest BCUT2D eigenvalue weighted by molar-refractivity contribution is 5.75. The number of aliphatic carboxylic acids is 1. The molecular weight excluding hydrogens is 200 g/mol. The number of ether oxygens (including phenoxy) is 2. The van der Waals surface area contributed by atoms with Crippen molar-refractivity contribution in [2.45, 2.75) is 6.10 Å². The minimum Gasteiger partial charge on any atom is -0.497 e. The maximum atomic E-state index is 10.6. The van der Waals surface area contributed by atoms with Crippen LogP contribution in [0, 0.1) is 0 Å². The van der Waals surface area contributed by atoms with Gasteiger partial charge < -0.3 is 19.7 Å². The molecule has 0 spiro atoms. The van der Waals surface area contributed by atoms with Crippen LogP contribution in [0.25, 0.3) is 0 Å². The maximum absolute atomic E-state index is 10.6. The summed E-state index contributed by atoms with van der Waals surface area (Å²) in [5.74, 6) is -0.504. The number of hydrogen-bond acceptors (Lipinski definition) is 4. The van der Waals surface area contributed by atoms with E-state index in [1.807, 2.05) is 0 Å². The molecule has 2 N–H and O–H groups in total. The zero-order chi connectivity index (χ0) is 11.4. The third-order valence-electron chi connectivity index (χ3n) is 1.97. The van der Waals surface area contributed by atoms with Crippen LogP contribution in [0.15, 0.2) is 18.2 Å². The van der Waals surface area contributed by atoms with Gasteiger partial charge >= 0.3 is 5.97 Å². The van der Waals surface area contributed by atoms with Crippen molar-refractivity contribution in [3.05, 3.63) is 23.8 Å². The highest BCUT2D eigenvalue weighted by atomic mass is 16.5. The lowest BCUT2D eigenvalue weighted by Gasteiger charge is -2.12. The summed E-state index contributed by atoms with van der Waals surface area (Å²) in [5, 5.41) is 18.0. The predicted molar refractivity (Wildman–Crippen MR) is 52.1 cm³/mol. The summed E-state index contributed by atoms with van der Waals surface area (Å²) in [6.45, 7) is 0. The van der Waals surface area contributed by atoms with Crippen LogP contribution in [0.3, 0.4) is 0 Å². The molecule has 0 aliphatic heterocycles. The van der Waals surface area contributed by atoms with E-state index in [9.17, 15) is 9.90 Å². The second kappa shape index (κ2) is 4.65. The fourth-order valence-electron chi connectivity index (χ4n) is 1.18. The molecule has 1 rings (SSSR count). The first-order valence-electron chi connectivity index (χ1n) is 4.23. The van der Waals surface area contributed by atoms with Crippen molar-refractivity contribution in [3.8, 4) is 11.5 Å². The lowest BCUT2D eigenvalue weighted by Crippen LogP contribution is -2.11. The molecule has 15 heavy (non-hydrogen) atoms. The standard InChI is InChI=1S/C10H12O5/c1-14-6-3-4-7(8(5-6)15-2)9(11)10(12)13/h3-5,9,11H,1-2H3,(H,12,13)/t9-/m1/s1. The first kappa shape index (κ1) is 11.3. The molecular formula is C10H12O5. The second-order valence-corrected chi connectivity index (χ2v) is 2.85. The first-order chi connectivity index (χ1) is 7.10. The Hall–Kier alpha value is -1.75. The number of methoxy groups -OCH3 is 2. The van der Waals surface area contributed by atoms with Gasteiger partial charge in [0.05, 0.1) is 14.2 Å². The number of aliphatic hydroxyl groups is 1. The number of aliphatic hydroxyl groups excluding tert-OH is 1. The van der Waals surface area contributed by atoms with E-state index < -0.39 is 12.1 Å². The Morgan fingerprint density at radius 2 is 2.00 bits per heavy atom. The molecule has 82 valence electrons. The fourth-order valence-corrected chi connectivity index (χ4v) is 1.18. The van der Waals surface area contributed by atoms with E-state index in [4.69, 9.17) is 14.6 Å². The zero-order valence-electron chi connectivity index (χ0n) is 8.43. The molecule has 5 nitrogen and oxygen atoms in total. The van der Waals surface area contributed by atoms with E-state index in [0.717, 1.165) is 0 Å². The molecule has 0 saturated heterocycles. The van der Waals surface area contributed by atoms with Crippen LogP contribution >= 0.6 is 0 Å². The van der Waals surface area contributed by atoms with Gasteiger partial charge in [0.1, 0.15) is 11.5 Å². The lowest BCUT2D eigenvalue weighted by molar-refractivity contribution is -0.147. The van der Waals surface area contributed by atoms with E-state index in [1.54, 1.807) is 6.07 Å². The molecule has 1 atom stereocenters. The van der Waals surface area contributed by atoms with E-state index in [0.29, 0.717) is 5.75 Å². The number of benzene rings is 1. The first-order valence-corrected chi connectivity index (χ1v) is 4.23. The lowest BCUT2D eigenvalue weighted by atomic mass is 10.1. The van der Waals surface area contributed by atoms with Gasteiger partial charge in [0.15, 0.2) is 6.10 Å². The van der Waals surface area contributed by atoms with Gasteiger partial charge in [0.25, 0.3) is 0 Å². The van der Waals surface area contributed by atoms with Gasteiger partial charge in [-0.1, -0.05) is 0 Å². The Morgan fingerprint density at radius 3 is 2.47 bits per heavy atom. The van der Waals surface area contributed by atoms with E-state index in [-0.39, 0.29) is 11.3 Å². The molecule has 0 radical (unpaired) electrons. The summed E-state index contributed by atoms with van der Waals surface area (Å²) in [6.07, 6.45) is -1.59. The van der Waals surface area contributed by atoms with Gasteiger partial charge in [0, 0.05) is 11.6 Å². The maximum Gasteiger partial charge on any atom is 0.337 e. The molecule has 0 aromatic heterocycles. The molecule has 0 heterocycles. The van der Waals surface area contributed by atoms with Gasteiger partial charge in [-0.2, -0.15) is 0 Å². The zero-order valence-corrected chi connectivity index (χ0v) is 8.43. The molecule has 0 aliphatic carbocycles. The molecule has 0 fully saturated rings. The molecule has 1 aromatic rings. The molecule has 0 amide bonds. The summed E-state index contributed by atoms with van der Waals surface area (Å²) in [4.78, 5) is 10.6. The molecule has 1 aromatic carbocycles. The third-order valence-corrected chi connectivity index (χ3v) is 1.97. The van der Waals surface area contributed by atoms with Crippen molar-refractivity contribution in [2.75, 3.05) is 14.2 Å². The normalized spacial score (nSPS) is 11.9. The molecule has 0 saturated carbocycles. The number of carboxylic acids is 1. The van der Waals surface area contributed by atoms with Crippen LogP contribution in [-0.2, 0) is 4.79 Å². The Balaban J connectivity index is 3.12. The predicted octanol–water partition coefficient (Wildman–Crippen LogP) is 0.822. The number of rotatable bonds is 4. The van der Waals surface area contributed by atoms with Crippen molar-refractivity contribution in [1.29, 1.82) is 0 Å². The Labute approximate surface area is 86.9 Å². The van der Waals surface area contributed by atoms with Gasteiger partial charge in [-0.05, 0) is 12.1 Å². The topological polar surface area (TPSA) is 76.0 Å². The number of hydrogen-bond donors (Lipinski definition) is 2. The third kappa shape index (κ3) is 2.38. The number of carbonyl (C=O) groups is 1. The molecule has 5 heteroatoms. The van der Waals surface area contributed by atoms with Crippen LogP contribution in [0.5, 0.6) is 11.5 Å². The monoisotopic (exact) mass is 212 g/mol. The van der Waals surface area contributed by atoms with Gasteiger partial charge in [-0.25, -0.2) is 4.79 Å². The van der Waals surface area contributed by atoms with E-state index in [2.05, 4.69) is 0 Å². The highest BCUT2D eigenvalue weighted by Crippen LogP contribution is 2.29. The molecule has 0 bridgehead atoms. The van der Waals surface area contributed by atoms with Crippen molar-refractivity contribution in [2.24, 2.45) is 0 Å².